The summed E-state index contributed by atoms with van der Waals surface area (Å²) in [4.78, 5) is 11.7. The average Bonchev–Trinajstić information content (AvgIpc) is 2.60. The van der Waals surface area contributed by atoms with Gasteiger partial charge in [0.15, 0.2) is 0 Å². The SMILES string of the molecule is CCCCCCCCCc1ccc(OP(=O)([O-])OCC(O)CCl)cc1.[K+]. The van der Waals surface area contributed by atoms with E-state index in [0.29, 0.717) is 0 Å². The molecule has 0 saturated carbocycles. The number of aliphatic hydroxyl groups excluding tert-OH is 1. The maximum absolute atomic E-state index is 11.7. The van der Waals surface area contributed by atoms with Gasteiger partial charge in [-0.2, -0.15) is 0 Å². The second-order valence-electron chi connectivity index (χ2n) is 6.16. The van der Waals surface area contributed by atoms with Crippen LogP contribution in [-0.2, 0) is 15.5 Å². The average molecular weight is 431 g/mol. The molecule has 1 N–H and O–H groups in total. The van der Waals surface area contributed by atoms with Crippen LogP contribution in [0.2, 0.25) is 0 Å². The first-order valence-electron chi connectivity index (χ1n) is 8.95. The van der Waals surface area contributed by atoms with Crippen molar-refractivity contribution in [3.8, 4) is 5.75 Å². The van der Waals surface area contributed by atoms with Gasteiger partial charge in [0.1, 0.15) is 5.75 Å². The van der Waals surface area contributed by atoms with Crippen molar-refractivity contribution < 1.29 is 75.0 Å². The number of hydrogen-bond acceptors (Lipinski definition) is 5. The van der Waals surface area contributed by atoms with E-state index in [1.54, 1.807) is 12.1 Å². The van der Waals surface area contributed by atoms with E-state index in [-0.39, 0.29) is 63.0 Å². The zero-order valence-electron chi connectivity index (χ0n) is 15.9. The molecule has 8 heteroatoms. The van der Waals surface area contributed by atoms with Gasteiger partial charge in [-0.25, -0.2) is 0 Å². The summed E-state index contributed by atoms with van der Waals surface area (Å²) in [6.07, 6.45) is 8.76. The minimum atomic E-state index is -4.50. The van der Waals surface area contributed by atoms with Crippen LogP contribution >= 0.6 is 19.4 Å². The van der Waals surface area contributed by atoms with Gasteiger partial charge in [0.2, 0.25) is 0 Å². The third kappa shape index (κ3) is 13.3. The van der Waals surface area contributed by atoms with Crippen LogP contribution in [0.3, 0.4) is 0 Å². The Labute approximate surface area is 204 Å². The second-order valence-corrected chi connectivity index (χ2v) is 7.80. The van der Waals surface area contributed by atoms with Gasteiger partial charge < -0.3 is 19.0 Å². The van der Waals surface area contributed by atoms with Crippen molar-refractivity contribution in [1.29, 1.82) is 0 Å². The summed E-state index contributed by atoms with van der Waals surface area (Å²) in [6, 6.07) is 6.95. The summed E-state index contributed by atoms with van der Waals surface area (Å²) in [7, 11) is -4.50. The maximum Gasteiger partial charge on any atom is 1.00 e. The number of aliphatic hydroxyl groups is 1. The molecule has 0 amide bonds. The van der Waals surface area contributed by atoms with E-state index in [9.17, 15) is 14.6 Å². The van der Waals surface area contributed by atoms with Crippen molar-refractivity contribution in [2.24, 2.45) is 0 Å². The number of halogens is 1. The summed E-state index contributed by atoms with van der Waals surface area (Å²) >= 11 is 5.38. The molecule has 1 rings (SSSR count). The number of hydrogen-bond donors (Lipinski definition) is 1. The predicted molar refractivity (Wildman–Crippen MR) is 99.1 cm³/mol. The van der Waals surface area contributed by atoms with Crippen LogP contribution in [0.4, 0.5) is 0 Å². The van der Waals surface area contributed by atoms with Crippen LogP contribution in [0.5, 0.6) is 5.75 Å². The monoisotopic (exact) mass is 430 g/mol. The molecule has 0 aromatic heterocycles. The Bertz CT molecular complexity index is 515. The van der Waals surface area contributed by atoms with E-state index >= 15 is 0 Å². The summed E-state index contributed by atoms with van der Waals surface area (Å²) in [5.74, 6) is 0.0924. The summed E-state index contributed by atoms with van der Waals surface area (Å²) < 4.78 is 21.1. The maximum atomic E-state index is 11.7. The first-order chi connectivity index (χ1) is 12.0. The van der Waals surface area contributed by atoms with Crippen molar-refractivity contribution in [3.05, 3.63) is 29.8 Å². The fraction of sp³-hybridized carbons (Fsp3) is 0.667. The largest absolute Gasteiger partial charge is 1.00 e. The minimum Gasteiger partial charge on any atom is -0.746 e. The molecule has 2 unspecified atom stereocenters. The van der Waals surface area contributed by atoms with Crippen LogP contribution in [0.25, 0.3) is 0 Å². The molecule has 0 radical (unpaired) electrons. The molecule has 0 fully saturated rings. The van der Waals surface area contributed by atoms with Gasteiger partial charge >= 0.3 is 59.2 Å². The zero-order chi connectivity index (χ0) is 18.5. The zero-order valence-corrected chi connectivity index (χ0v) is 20.6. The van der Waals surface area contributed by atoms with Crippen LogP contribution in [0, 0.1) is 0 Å². The molecule has 2 atom stereocenters. The number of unbranched alkanes of at least 4 members (excludes halogenated alkanes) is 6. The van der Waals surface area contributed by atoms with Gasteiger partial charge in [0.05, 0.1) is 18.6 Å². The molecular formula is C18H29ClKO5P. The van der Waals surface area contributed by atoms with E-state index < -0.39 is 20.5 Å². The van der Waals surface area contributed by atoms with Crippen LogP contribution in [0.1, 0.15) is 57.4 Å². The Kier molecular flexibility index (Phi) is 16.6. The van der Waals surface area contributed by atoms with Gasteiger partial charge in [0.25, 0.3) is 0 Å². The van der Waals surface area contributed by atoms with Crippen LogP contribution in [0.15, 0.2) is 24.3 Å². The molecule has 0 heterocycles. The van der Waals surface area contributed by atoms with E-state index in [1.165, 1.54) is 38.5 Å². The van der Waals surface area contributed by atoms with Gasteiger partial charge in [-0.05, 0) is 30.5 Å². The van der Waals surface area contributed by atoms with Crippen molar-refractivity contribution in [1.82, 2.24) is 0 Å². The predicted octanol–water partition coefficient (Wildman–Crippen LogP) is 1.45. The van der Waals surface area contributed by atoms with Crippen LogP contribution < -0.4 is 60.8 Å². The number of benzene rings is 1. The Morgan fingerprint density at radius 3 is 2.27 bits per heavy atom. The molecule has 0 spiro atoms. The summed E-state index contributed by atoms with van der Waals surface area (Å²) in [5.41, 5.74) is 1.15. The first-order valence-corrected chi connectivity index (χ1v) is 10.9. The molecule has 1 aromatic rings. The van der Waals surface area contributed by atoms with Crippen molar-refractivity contribution in [3.63, 3.8) is 0 Å². The fourth-order valence-electron chi connectivity index (χ4n) is 2.38. The van der Waals surface area contributed by atoms with E-state index in [0.717, 1.165) is 18.4 Å². The van der Waals surface area contributed by atoms with Gasteiger partial charge in [-0.1, -0.05) is 57.6 Å². The number of rotatable bonds is 14. The molecule has 0 bridgehead atoms. The molecule has 5 nitrogen and oxygen atoms in total. The van der Waals surface area contributed by atoms with E-state index in [2.05, 4.69) is 11.4 Å². The fourth-order valence-corrected chi connectivity index (χ4v) is 3.26. The number of phosphoric ester groups is 1. The Balaban J connectivity index is 0.00000625. The Morgan fingerprint density at radius 1 is 1.12 bits per heavy atom. The third-order valence-electron chi connectivity index (χ3n) is 3.81. The van der Waals surface area contributed by atoms with Gasteiger partial charge in [0, 0.05) is 0 Å². The van der Waals surface area contributed by atoms with Crippen LogP contribution in [-0.4, -0.2) is 23.7 Å². The summed E-state index contributed by atoms with van der Waals surface area (Å²) in [6.45, 7) is 1.80. The molecule has 144 valence electrons. The van der Waals surface area contributed by atoms with Gasteiger partial charge in [-0.15, -0.1) is 11.6 Å². The normalized spacial score (nSPS) is 14.3. The topological polar surface area (TPSA) is 78.8 Å². The molecule has 0 aliphatic heterocycles. The molecule has 0 saturated heterocycles. The molecule has 0 aliphatic rings. The van der Waals surface area contributed by atoms with E-state index in [4.69, 9.17) is 16.1 Å². The van der Waals surface area contributed by atoms with Crippen molar-refractivity contribution in [2.45, 2.75) is 64.4 Å². The van der Waals surface area contributed by atoms with E-state index in [1.807, 2.05) is 12.1 Å². The Morgan fingerprint density at radius 2 is 1.69 bits per heavy atom. The molecule has 0 aliphatic carbocycles. The smallest absolute Gasteiger partial charge is 0.746 e. The standard InChI is InChI=1S/C18H30ClO5P.K/c1-2-3-4-5-6-7-8-9-16-10-12-18(13-11-16)24-25(21,22)23-15-17(20)14-19;/h10-13,17,20H,2-9,14-15H2,1H3,(H,21,22);/q;+1/p-1. The van der Waals surface area contributed by atoms with Crippen molar-refractivity contribution in [2.75, 3.05) is 12.5 Å². The second kappa shape index (κ2) is 15.9. The third-order valence-corrected chi connectivity index (χ3v) is 5.07. The molecular weight excluding hydrogens is 402 g/mol. The molecule has 26 heavy (non-hydrogen) atoms. The van der Waals surface area contributed by atoms with Crippen molar-refractivity contribution >= 4 is 19.4 Å². The number of phosphoric acid groups is 1. The quantitative estimate of drug-likeness (QED) is 0.209. The van der Waals surface area contributed by atoms with Gasteiger partial charge in [-0.3, -0.25) is 4.57 Å². The summed E-state index contributed by atoms with van der Waals surface area (Å²) in [5, 5.41) is 9.21. The molecule has 1 aromatic carbocycles. The number of aryl methyl sites for hydroxylation is 1. The minimum absolute atomic E-state index is 0. The first kappa shape index (κ1) is 27.1. The Hall–Kier alpha value is 1.06. The number of alkyl halides is 1.